The van der Waals surface area contributed by atoms with Crippen LogP contribution in [-0.4, -0.2) is 18.0 Å². The van der Waals surface area contributed by atoms with Crippen molar-refractivity contribution in [3.8, 4) is 0 Å². The highest BCUT2D eigenvalue weighted by Gasteiger charge is 2.31. The maximum Gasteiger partial charge on any atom is 0.0233 e. The first-order chi connectivity index (χ1) is 7.95. The van der Waals surface area contributed by atoms with E-state index in [0.29, 0.717) is 5.41 Å². The molecule has 17 heavy (non-hydrogen) atoms. The Hall–Kier alpha value is -0.0900. The first kappa shape index (κ1) is 13.3. The molecule has 1 aliphatic rings. The number of rotatable bonds is 2. The highest BCUT2D eigenvalue weighted by molar-refractivity contribution is 14.1. The zero-order chi connectivity index (χ0) is 12.5. The van der Waals surface area contributed by atoms with Crippen LogP contribution in [0.1, 0.15) is 32.8 Å². The van der Waals surface area contributed by atoms with Crippen LogP contribution in [0.3, 0.4) is 0 Å². The Morgan fingerprint density at radius 3 is 2.41 bits per heavy atom. The fourth-order valence-electron chi connectivity index (χ4n) is 2.53. The molecule has 0 N–H and O–H groups in total. The molecule has 1 aliphatic heterocycles. The van der Waals surface area contributed by atoms with Gasteiger partial charge >= 0.3 is 0 Å². The fraction of sp³-hybridized carbons (Fsp3) is 0.600. The molecule has 0 aliphatic carbocycles. The summed E-state index contributed by atoms with van der Waals surface area (Å²) in [5.41, 5.74) is 1.90. The van der Waals surface area contributed by atoms with Crippen LogP contribution in [0.15, 0.2) is 24.3 Å². The number of benzene rings is 1. The van der Waals surface area contributed by atoms with Crippen molar-refractivity contribution in [1.29, 1.82) is 0 Å². The number of halogens is 1. The smallest absolute Gasteiger partial charge is 0.0233 e. The summed E-state index contributed by atoms with van der Waals surface area (Å²) in [5.74, 6) is 0.853. The van der Waals surface area contributed by atoms with Gasteiger partial charge in [0.1, 0.15) is 0 Å². The molecular weight excluding hydrogens is 321 g/mol. The van der Waals surface area contributed by atoms with Gasteiger partial charge in [-0.05, 0) is 64.6 Å². The van der Waals surface area contributed by atoms with Crippen LogP contribution in [0.2, 0.25) is 0 Å². The average molecular weight is 343 g/mol. The Kier molecular flexibility index (Phi) is 4.14. The molecule has 1 heterocycles. The van der Waals surface area contributed by atoms with Gasteiger partial charge in [-0.1, -0.05) is 32.9 Å². The standard InChI is InChI=1S/C15H22IN/c1-15(2,3)13-8-9-17(11-13)10-12-4-6-14(16)7-5-12/h4-7,13H,8-11H2,1-3H3. The molecule has 94 valence electrons. The second kappa shape index (κ2) is 5.27. The summed E-state index contributed by atoms with van der Waals surface area (Å²) in [6.07, 6.45) is 1.36. The van der Waals surface area contributed by atoms with Crippen molar-refractivity contribution in [3.63, 3.8) is 0 Å². The van der Waals surface area contributed by atoms with E-state index in [1.165, 1.54) is 28.6 Å². The quantitative estimate of drug-likeness (QED) is 0.729. The molecule has 2 rings (SSSR count). The molecule has 1 aromatic carbocycles. The van der Waals surface area contributed by atoms with Gasteiger partial charge in [0.05, 0.1) is 0 Å². The maximum absolute atomic E-state index is 2.60. The SMILES string of the molecule is CC(C)(C)C1CCN(Cc2ccc(I)cc2)C1. The zero-order valence-electron chi connectivity index (χ0n) is 11.0. The van der Waals surface area contributed by atoms with Crippen LogP contribution in [0.4, 0.5) is 0 Å². The fourth-order valence-corrected chi connectivity index (χ4v) is 2.89. The molecule has 0 radical (unpaired) electrons. The third-order valence-corrected chi connectivity index (χ3v) is 4.54. The minimum Gasteiger partial charge on any atom is -0.299 e. The van der Waals surface area contributed by atoms with E-state index in [2.05, 4.69) is 72.5 Å². The molecule has 0 bridgehead atoms. The van der Waals surface area contributed by atoms with Crippen molar-refractivity contribution in [3.05, 3.63) is 33.4 Å². The predicted molar refractivity (Wildman–Crippen MR) is 82.0 cm³/mol. The summed E-state index contributed by atoms with van der Waals surface area (Å²) < 4.78 is 1.32. The Labute approximate surface area is 119 Å². The first-order valence-corrected chi connectivity index (χ1v) is 7.50. The lowest BCUT2D eigenvalue weighted by Crippen LogP contribution is -2.25. The van der Waals surface area contributed by atoms with Crippen molar-refractivity contribution in [1.82, 2.24) is 4.90 Å². The van der Waals surface area contributed by atoms with E-state index in [0.717, 1.165) is 12.5 Å². The lowest BCUT2D eigenvalue weighted by molar-refractivity contribution is 0.226. The third-order valence-electron chi connectivity index (χ3n) is 3.82. The van der Waals surface area contributed by atoms with Gasteiger partial charge in [0.15, 0.2) is 0 Å². The van der Waals surface area contributed by atoms with Crippen LogP contribution >= 0.6 is 22.6 Å². The lowest BCUT2D eigenvalue weighted by atomic mass is 9.80. The largest absolute Gasteiger partial charge is 0.299 e. The zero-order valence-corrected chi connectivity index (χ0v) is 13.2. The highest BCUT2D eigenvalue weighted by atomic mass is 127. The van der Waals surface area contributed by atoms with Crippen molar-refractivity contribution >= 4 is 22.6 Å². The molecule has 1 atom stereocenters. The number of nitrogens with zero attached hydrogens (tertiary/aromatic N) is 1. The number of hydrogen-bond acceptors (Lipinski definition) is 1. The van der Waals surface area contributed by atoms with Gasteiger partial charge in [-0.2, -0.15) is 0 Å². The second-order valence-corrected chi connectivity index (χ2v) is 7.46. The minimum absolute atomic E-state index is 0.459. The van der Waals surface area contributed by atoms with Gasteiger partial charge in [-0.3, -0.25) is 4.90 Å². The van der Waals surface area contributed by atoms with Gasteiger partial charge in [-0.15, -0.1) is 0 Å². The van der Waals surface area contributed by atoms with E-state index in [1.54, 1.807) is 0 Å². The van der Waals surface area contributed by atoms with Crippen LogP contribution in [-0.2, 0) is 6.54 Å². The minimum atomic E-state index is 0.459. The Balaban J connectivity index is 1.92. The van der Waals surface area contributed by atoms with Gasteiger partial charge in [0.25, 0.3) is 0 Å². The first-order valence-electron chi connectivity index (χ1n) is 6.42. The van der Waals surface area contributed by atoms with E-state index in [4.69, 9.17) is 0 Å². The lowest BCUT2D eigenvalue weighted by Gasteiger charge is -2.27. The molecule has 0 saturated carbocycles. The van der Waals surface area contributed by atoms with Gasteiger partial charge in [0.2, 0.25) is 0 Å². The van der Waals surface area contributed by atoms with E-state index in [1.807, 2.05) is 0 Å². The van der Waals surface area contributed by atoms with Crippen molar-refractivity contribution < 1.29 is 0 Å². The highest BCUT2D eigenvalue weighted by Crippen LogP contribution is 2.34. The van der Waals surface area contributed by atoms with Crippen LogP contribution in [0.5, 0.6) is 0 Å². The number of hydrogen-bond donors (Lipinski definition) is 0. The van der Waals surface area contributed by atoms with Crippen molar-refractivity contribution in [2.75, 3.05) is 13.1 Å². The molecule has 0 aromatic heterocycles. The van der Waals surface area contributed by atoms with Gasteiger partial charge in [0, 0.05) is 16.7 Å². The van der Waals surface area contributed by atoms with Crippen LogP contribution < -0.4 is 0 Å². The molecule has 1 unspecified atom stereocenters. The predicted octanol–water partition coefficient (Wildman–Crippen LogP) is 4.16. The van der Waals surface area contributed by atoms with E-state index in [9.17, 15) is 0 Å². The summed E-state index contributed by atoms with van der Waals surface area (Å²) in [7, 11) is 0. The molecule has 0 spiro atoms. The summed E-state index contributed by atoms with van der Waals surface area (Å²) in [4.78, 5) is 2.60. The molecule has 2 heteroatoms. The van der Waals surface area contributed by atoms with E-state index < -0.39 is 0 Å². The third kappa shape index (κ3) is 3.68. The summed E-state index contributed by atoms with van der Waals surface area (Å²) in [5, 5.41) is 0. The normalized spacial score (nSPS) is 22.0. The Morgan fingerprint density at radius 2 is 1.88 bits per heavy atom. The summed E-state index contributed by atoms with van der Waals surface area (Å²) in [6, 6.07) is 8.92. The molecule has 1 saturated heterocycles. The Morgan fingerprint density at radius 1 is 1.24 bits per heavy atom. The summed E-state index contributed by atoms with van der Waals surface area (Å²) in [6.45, 7) is 10.7. The molecule has 1 fully saturated rings. The molecule has 1 aromatic rings. The van der Waals surface area contributed by atoms with E-state index in [-0.39, 0.29) is 0 Å². The second-order valence-electron chi connectivity index (χ2n) is 6.21. The molecule has 0 amide bonds. The van der Waals surface area contributed by atoms with E-state index >= 15 is 0 Å². The number of likely N-dealkylation sites (tertiary alicyclic amines) is 1. The maximum atomic E-state index is 2.60. The van der Waals surface area contributed by atoms with Gasteiger partial charge in [-0.25, -0.2) is 0 Å². The van der Waals surface area contributed by atoms with Crippen LogP contribution in [0.25, 0.3) is 0 Å². The Bertz CT molecular complexity index is 364. The van der Waals surface area contributed by atoms with Crippen LogP contribution in [0, 0.1) is 14.9 Å². The topological polar surface area (TPSA) is 3.24 Å². The molecular formula is C15H22IN. The van der Waals surface area contributed by atoms with Gasteiger partial charge < -0.3 is 0 Å². The summed E-state index contributed by atoms with van der Waals surface area (Å²) >= 11 is 2.36. The monoisotopic (exact) mass is 343 g/mol. The molecule has 1 nitrogen and oxygen atoms in total. The van der Waals surface area contributed by atoms with Crippen molar-refractivity contribution in [2.24, 2.45) is 11.3 Å². The van der Waals surface area contributed by atoms with Crippen molar-refractivity contribution in [2.45, 2.75) is 33.7 Å². The average Bonchev–Trinajstić information content (AvgIpc) is 2.69.